The Bertz CT molecular complexity index is 1230. The van der Waals surface area contributed by atoms with Crippen molar-refractivity contribution in [2.24, 2.45) is 5.92 Å². The van der Waals surface area contributed by atoms with Crippen LogP contribution in [0.15, 0.2) is 18.5 Å². The molecule has 1 amide bonds. The van der Waals surface area contributed by atoms with Crippen molar-refractivity contribution in [2.75, 3.05) is 19.0 Å². The highest BCUT2D eigenvalue weighted by atomic mass is 35.5. The minimum Gasteiger partial charge on any atom is -0.441 e. The highest BCUT2D eigenvalue weighted by Gasteiger charge is 2.58. The number of amides is 1. The van der Waals surface area contributed by atoms with Crippen LogP contribution in [0.25, 0.3) is 5.65 Å². The first kappa shape index (κ1) is 21.6. The fraction of sp³-hybridized carbons (Fsp3) is 0.524. The Labute approximate surface area is 198 Å². The first-order chi connectivity index (χ1) is 16.4. The number of ether oxygens (including phenoxy) is 3. The Balaban J connectivity index is 1.12. The SMILES string of the molecule is COCc1cn2c(Nc3cc([C@@H]4OC[C@H](OC(=O)NC56CC(C5)C6)[C@H]4F)[nH]n3)ncc(Cl)c2n1. The number of methoxy groups -OCH3 is 1. The van der Waals surface area contributed by atoms with E-state index in [9.17, 15) is 4.79 Å². The number of alkyl carbamates (subject to hydrolysis) is 1. The average molecular weight is 492 g/mol. The summed E-state index contributed by atoms with van der Waals surface area (Å²) >= 11 is 6.22. The number of aromatic nitrogens is 5. The van der Waals surface area contributed by atoms with E-state index in [2.05, 4.69) is 30.8 Å². The molecule has 180 valence electrons. The molecule has 0 unspecified atom stereocenters. The van der Waals surface area contributed by atoms with Crippen LogP contribution < -0.4 is 10.6 Å². The molecule has 7 rings (SSSR count). The summed E-state index contributed by atoms with van der Waals surface area (Å²) in [6.45, 7) is 0.289. The Morgan fingerprint density at radius 3 is 3.00 bits per heavy atom. The summed E-state index contributed by atoms with van der Waals surface area (Å²) in [5.74, 6) is 1.54. The summed E-state index contributed by atoms with van der Waals surface area (Å²) in [5, 5.41) is 13.3. The lowest BCUT2D eigenvalue weighted by molar-refractivity contribution is -0.0528. The van der Waals surface area contributed by atoms with Crippen LogP contribution in [0.1, 0.15) is 36.8 Å². The molecule has 3 saturated carbocycles. The summed E-state index contributed by atoms with van der Waals surface area (Å²) in [5.41, 5.74) is 1.49. The van der Waals surface area contributed by atoms with E-state index in [-0.39, 0.29) is 12.1 Å². The lowest BCUT2D eigenvalue weighted by Gasteiger charge is -2.61. The molecule has 3 N–H and O–H groups in total. The second-order valence-corrected chi connectivity index (χ2v) is 9.56. The van der Waals surface area contributed by atoms with Crippen LogP contribution in [0.5, 0.6) is 0 Å². The molecule has 0 radical (unpaired) electrons. The van der Waals surface area contributed by atoms with Gasteiger partial charge in [0.1, 0.15) is 11.1 Å². The molecular formula is C21H23ClFN7O4. The number of aromatic amines is 1. The topological polar surface area (TPSA) is 128 Å². The van der Waals surface area contributed by atoms with Gasteiger partial charge in [0.2, 0.25) is 5.95 Å². The number of imidazole rings is 1. The van der Waals surface area contributed by atoms with Crippen LogP contribution in [0, 0.1) is 5.92 Å². The highest BCUT2D eigenvalue weighted by molar-refractivity contribution is 6.33. The summed E-state index contributed by atoms with van der Waals surface area (Å²) in [6.07, 6.45) is 2.14. The zero-order valence-electron chi connectivity index (χ0n) is 18.3. The molecule has 1 saturated heterocycles. The minimum absolute atomic E-state index is 0.0344. The standard InChI is InChI=1S/C21H23ClFN7O4/c1-32-8-11-7-30-18(25-11)12(22)6-24-19(30)26-15-2-13(28-29-15)17-16(23)14(9-33-17)34-20(31)27-21-3-10(4-21)5-21/h2,6-7,10,14,16-17H,3-5,8-9H2,1H3,(H,27,31)(H2,24,26,28,29)/t10?,14-,16+,17-,21?/m0/s1. The Kier molecular flexibility index (Phi) is 5.12. The molecule has 4 aliphatic rings. The number of alkyl halides is 1. The van der Waals surface area contributed by atoms with Crippen molar-refractivity contribution in [1.29, 1.82) is 0 Å². The number of carbonyl (C=O) groups excluding carboxylic acids is 1. The average Bonchev–Trinajstić information content (AvgIpc) is 3.47. The number of nitrogens with zero attached hydrogens (tertiary/aromatic N) is 4. The smallest absolute Gasteiger partial charge is 0.408 e. The molecule has 2 bridgehead atoms. The van der Waals surface area contributed by atoms with Crippen LogP contribution in [0.2, 0.25) is 5.02 Å². The molecule has 11 nitrogen and oxygen atoms in total. The number of carbonyl (C=O) groups is 1. The maximum atomic E-state index is 15.1. The summed E-state index contributed by atoms with van der Waals surface area (Å²) < 4.78 is 32.8. The van der Waals surface area contributed by atoms with Gasteiger partial charge < -0.3 is 24.8 Å². The summed E-state index contributed by atoms with van der Waals surface area (Å²) in [7, 11) is 1.58. The van der Waals surface area contributed by atoms with Crippen LogP contribution in [0.3, 0.4) is 0 Å². The Morgan fingerprint density at radius 2 is 2.26 bits per heavy atom. The zero-order valence-corrected chi connectivity index (χ0v) is 19.0. The van der Waals surface area contributed by atoms with Crippen LogP contribution in [-0.4, -0.2) is 62.2 Å². The lowest BCUT2D eigenvalue weighted by Crippen LogP contribution is -2.68. The van der Waals surface area contributed by atoms with E-state index in [1.165, 1.54) is 6.20 Å². The molecule has 13 heteroatoms. The number of nitrogens with one attached hydrogen (secondary N) is 3. The Hall–Kier alpha value is -2.96. The fourth-order valence-corrected chi connectivity index (χ4v) is 5.10. The van der Waals surface area contributed by atoms with Gasteiger partial charge in [-0.2, -0.15) is 5.10 Å². The first-order valence-corrected chi connectivity index (χ1v) is 11.4. The number of halogens is 2. The largest absolute Gasteiger partial charge is 0.441 e. The number of H-pyrrole nitrogens is 1. The van der Waals surface area contributed by atoms with Crippen LogP contribution in [0.4, 0.5) is 21.0 Å². The second kappa shape index (κ2) is 8.07. The highest BCUT2D eigenvalue weighted by Crippen LogP contribution is 2.57. The van der Waals surface area contributed by atoms with Crippen molar-refractivity contribution in [3.8, 4) is 0 Å². The molecule has 34 heavy (non-hydrogen) atoms. The van der Waals surface area contributed by atoms with Gasteiger partial charge in [-0.25, -0.2) is 19.2 Å². The van der Waals surface area contributed by atoms with Gasteiger partial charge in [-0.15, -0.1) is 0 Å². The van der Waals surface area contributed by atoms with Gasteiger partial charge in [-0.1, -0.05) is 11.6 Å². The fourth-order valence-electron chi connectivity index (χ4n) is 4.92. The van der Waals surface area contributed by atoms with Crippen molar-refractivity contribution >= 4 is 35.1 Å². The third kappa shape index (κ3) is 3.65. The number of rotatable bonds is 7. The van der Waals surface area contributed by atoms with E-state index in [4.69, 9.17) is 25.8 Å². The Morgan fingerprint density at radius 1 is 1.44 bits per heavy atom. The predicted octanol–water partition coefficient (Wildman–Crippen LogP) is 3.05. The number of anilines is 2. The maximum absolute atomic E-state index is 15.1. The van der Waals surface area contributed by atoms with Gasteiger partial charge >= 0.3 is 6.09 Å². The number of hydrogen-bond donors (Lipinski definition) is 3. The molecule has 3 aliphatic carbocycles. The molecule has 4 fully saturated rings. The minimum atomic E-state index is -1.53. The zero-order chi connectivity index (χ0) is 23.4. The quantitative estimate of drug-likeness (QED) is 0.460. The summed E-state index contributed by atoms with van der Waals surface area (Å²) in [6, 6.07) is 1.62. The molecule has 0 aromatic carbocycles. The van der Waals surface area contributed by atoms with Gasteiger partial charge in [0, 0.05) is 24.9 Å². The third-order valence-corrected chi connectivity index (χ3v) is 6.95. The molecule has 1 aliphatic heterocycles. The molecule has 3 atom stereocenters. The van der Waals surface area contributed by atoms with Crippen molar-refractivity contribution in [3.05, 3.63) is 34.9 Å². The van der Waals surface area contributed by atoms with Crippen molar-refractivity contribution < 1.29 is 23.4 Å². The predicted molar refractivity (Wildman–Crippen MR) is 118 cm³/mol. The lowest BCUT2D eigenvalue weighted by atomic mass is 9.50. The van der Waals surface area contributed by atoms with E-state index in [0.717, 1.165) is 25.2 Å². The number of fused-ring (bicyclic) bond motifs is 1. The van der Waals surface area contributed by atoms with Crippen LogP contribution >= 0.6 is 11.6 Å². The van der Waals surface area contributed by atoms with Gasteiger partial charge in [-0.05, 0) is 25.2 Å². The molecule has 0 spiro atoms. The third-order valence-electron chi connectivity index (χ3n) is 6.68. The van der Waals surface area contributed by atoms with E-state index < -0.39 is 24.5 Å². The number of hydrogen-bond acceptors (Lipinski definition) is 8. The normalized spacial score (nSPS) is 29.5. The molecule has 3 aromatic rings. The van der Waals surface area contributed by atoms with E-state index in [0.29, 0.717) is 40.4 Å². The van der Waals surface area contributed by atoms with Crippen molar-refractivity contribution in [1.82, 2.24) is 29.9 Å². The van der Waals surface area contributed by atoms with E-state index in [1.54, 1.807) is 23.8 Å². The first-order valence-electron chi connectivity index (χ1n) is 11.0. The monoisotopic (exact) mass is 491 g/mol. The molecule has 3 aromatic heterocycles. The molecular weight excluding hydrogens is 469 g/mol. The molecule has 4 heterocycles. The van der Waals surface area contributed by atoms with Gasteiger partial charge in [0.05, 0.1) is 30.8 Å². The van der Waals surface area contributed by atoms with E-state index in [1.807, 2.05) is 0 Å². The van der Waals surface area contributed by atoms with Gasteiger partial charge in [0.15, 0.2) is 23.7 Å². The maximum Gasteiger partial charge on any atom is 0.408 e. The van der Waals surface area contributed by atoms with E-state index >= 15 is 4.39 Å². The van der Waals surface area contributed by atoms with Crippen LogP contribution in [-0.2, 0) is 20.8 Å². The van der Waals surface area contributed by atoms with Gasteiger partial charge in [-0.3, -0.25) is 9.50 Å². The van der Waals surface area contributed by atoms with Crippen molar-refractivity contribution in [3.63, 3.8) is 0 Å². The van der Waals surface area contributed by atoms with Crippen molar-refractivity contribution in [2.45, 2.75) is 49.8 Å². The second-order valence-electron chi connectivity index (χ2n) is 9.15. The van der Waals surface area contributed by atoms with Gasteiger partial charge in [0.25, 0.3) is 0 Å². The summed E-state index contributed by atoms with van der Waals surface area (Å²) in [4.78, 5) is 20.9.